The third-order valence-electron chi connectivity index (χ3n) is 4.30. The molecule has 122 valence electrons. The summed E-state index contributed by atoms with van der Waals surface area (Å²) in [5.41, 5.74) is 2.18. The van der Waals surface area contributed by atoms with E-state index in [0.717, 1.165) is 16.6 Å². The Hall–Kier alpha value is -2.60. The smallest absolute Gasteiger partial charge is 0.170 e. The Morgan fingerprint density at radius 3 is 2.83 bits per heavy atom. The normalized spacial score (nSPS) is 20.4. The van der Waals surface area contributed by atoms with Crippen LogP contribution in [0, 0.1) is 0 Å². The molecule has 1 N–H and O–H groups in total. The van der Waals surface area contributed by atoms with Crippen molar-refractivity contribution < 1.29 is 4.42 Å². The summed E-state index contributed by atoms with van der Waals surface area (Å²) in [4.78, 5) is 6.70. The molecule has 2 atom stereocenters. The van der Waals surface area contributed by atoms with Crippen molar-refractivity contribution in [2.24, 2.45) is 7.05 Å². The van der Waals surface area contributed by atoms with Crippen LogP contribution in [0.5, 0.6) is 0 Å². The Morgan fingerprint density at radius 1 is 1.25 bits per heavy atom. The quantitative estimate of drug-likeness (QED) is 0.740. The van der Waals surface area contributed by atoms with Gasteiger partial charge < -0.3 is 19.2 Å². The highest BCUT2D eigenvalue weighted by molar-refractivity contribution is 7.80. The molecule has 1 fully saturated rings. The molecular weight excluding hydrogens is 320 g/mol. The number of aryl methyl sites for hydroxylation is 1. The van der Waals surface area contributed by atoms with Crippen molar-refractivity contribution in [1.29, 1.82) is 0 Å². The second-order valence-electron chi connectivity index (χ2n) is 5.94. The van der Waals surface area contributed by atoms with Gasteiger partial charge in [0, 0.05) is 25.6 Å². The maximum Gasteiger partial charge on any atom is 0.170 e. The summed E-state index contributed by atoms with van der Waals surface area (Å²) in [6.45, 7) is 0.627. The van der Waals surface area contributed by atoms with Crippen LogP contribution in [0.15, 0.2) is 65.7 Å². The molecular formula is C18H18N4OS. The van der Waals surface area contributed by atoms with Gasteiger partial charge in [-0.3, -0.25) is 4.98 Å². The first-order valence-electron chi connectivity index (χ1n) is 7.85. The molecule has 3 aromatic heterocycles. The van der Waals surface area contributed by atoms with E-state index in [2.05, 4.69) is 38.2 Å². The molecule has 2 unspecified atom stereocenters. The molecule has 24 heavy (non-hydrogen) atoms. The number of hydrogen-bond donors (Lipinski definition) is 1. The first-order chi connectivity index (χ1) is 11.7. The predicted molar refractivity (Wildman–Crippen MR) is 95.1 cm³/mol. The summed E-state index contributed by atoms with van der Waals surface area (Å²) < 4.78 is 7.58. The average Bonchev–Trinajstić information content (AvgIpc) is 3.31. The lowest BCUT2D eigenvalue weighted by Crippen LogP contribution is -2.28. The SMILES string of the molecule is Cn1ccc(C2C(c3ccccn3)NC(=S)N2Cc2ccco2)c1. The Balaban J connectivity index is 1.73. The standard InChI is InChI=1S/C18H18N4OS/c1-21-9-7-13(11-21)17-16(15-6-2-3-8-19-15)20-18(24)22(17)12-14-5-4-10-23-14/h2-11,16-17H,12H2,1H3,(H,20,24). The van der Waals surface area contributed by atoms with Crippen molar-refractivity contribution in [2.45, 2.75) is 18.6 Å². The fourth-order valence-corrected chi connectivity index (χ4v) is 3.51. The molecule has 0 bridgehead atoms. The number of thiocarbonyl (C=S) groups is 1. The molecule has 5 nitrogen and oxygen atoms in total. The number of hydrogen-bond acceptors (Lipinski definition) is 3. The van der Waals surface area contributed by atoms with Gasteiger partial charge in [-0.05, 0) is 48.1 Å². The summed E-state index contributed by atoms with van der Waals surface area (Å²) in [6.07, 6.45) is 7.69. The fraction of sp³-hybridized carbons (Fsp3) is 0.222. The molecule has 1 aliphatic heterocycles. The lowest BCUT2D eigenvalue weighted by atomic mass is 9.99. The first kappa shape index (κ1) is 15.0. The van der Waals surface area contributed by atoms with Gasteiger partial charge in [0.2, 0.25) is 0 Å². The summed E-state index contributed by atoms with van der Waals surface area (Å²) >= 11 is 5.61. The van der Waals surface area contributed by atoms with Crippen LogP contribution in [0.25, 0.3) is 0 Å². The number of nitrogens with one attached hydrogen (secondary N) is 1. The first-order valence-corrected chi connectivity index (χ1v) is 8.25. The van der Waals surface area contributed by atoms with Gasteiger partial charge in [0.25, 0.3) is 0 Å². The molecule has 0 aliphatic carbocycles. The van der Waals surface area contributed by atoms with E-state index in [1.54, 1.807) is 6.26 Å². The number of nitrogens with zero attached hydrogens (tertiary/aromatic N) is 3. The maximum atomic E-state index is 5.61. The zero-order chi connectivity index (χ0) is 16.5. The van der Waals surface area contributed by atoms with Gasteiger partial charge >= 0.3 is 0 Å². The highest BCUT2D eigenvalue weighted by Gasteiger charge is 2.40. The van der Waals surface area contributed by atoms with Gasteiger partial charge in [-0.15, -0.1) is 0 Å². The van der Waals surface area contributed by atoms with E-state index in [1.165, 1.54) is 5.56 Å². The monoisotopic (exact) mass is 338 g/mol. The predicted octanol–water partition coefficient (Wildman–Crippen LogP) is 3.19. The molecule has 3 aromatic rings. The van der Waals surface area contributed by atoms with Crippen molar-refractivity contribution in [3.05, 3.63) is 78.3 Å². The van der Waals surface area contributed by atoms with E-state index in [9.17, 15) is 0 Å². The second-order valence-corrected chi connectivity index (χ2v) is 6.33. The van der Waals surface area contributed by atoms with Crippen molar-refractivity contribution in [3.8, 4) is 0 Å². The van der Waals surface area contributed by atoms with Gasteiger partial charge in [0.05, 0.1) is 30.6 Å². The highest BCUT2D eigenvalue weighted by Crippen LogP contribution is 2.39. The zero-order valence-electron chi connectivity index (χ0n) is 13.3. The van der Waals surface area contributed by atoms with Crippen LogP contribution in [-0.4, -0.2) is 19.6 Å². The second kappa shape index (κ2) is 6.13. The topological polar surface area (TPSA) is 46.2 Å². The Kier molecular flexibility index (Phi) is 3.82. The van der Waals surface area contributed by atoms with E-state index in [1.807, 2.05) is 43.6 Å². The van der Waals surface area contributed by atoms with Gasteiger partial charge in [-0.25, -0.2) is 0 Å². The summed E-state index contributed by atoms with van der Waals surface area (Å²) in [6, 6.07) is 12.0. The Bertz CT molecular complexity index is 828. The Morgan fingerprint density at radius 2 is 2.17 bits per heavy atom. The number of rotatable bonds is 4. The number of pyridine rings is 1. The molecule has 0 radical (unpaired) electrons. The van der Waals surface area contributed by atoms with E-state index in [0.29, 0.717) is 6.54 Å². The highest BCUT2D eigenvalue weighted by atomic mass is 32.1. The fourth-order valence-electron chi connectivity index (χ4n) is 3.21. The lowest BCUT2D eigenvalue weighted by molar-refractivity contribution is 0.287. The Labute approximate surface area is 145 Å². The molecule has 6 heteroatoms. The molecule has 0 aromatic carbocycles. The maximum absolute atomic E-state index is 5.61. The molecule has 0 saturated carbocycles. The van der Waals surface area contributed by atoms with E-state index in [4.69, 9.17) is 16.6 Å². The molecule has 0 spiro atoms. The van der Waals surface area contributed by atoms with Crippen LogP contribution < -0.4 is 5.32 Å². The van der Waals surface area contributed by atoms with Crippen LogP contribution in [0.2, 0.25) is 0 Å². The molecule has 4 rings (SSSR count). The largest absolute Gasteiger partial charge is 0.467 e. The molecule has 1 aliphatic rings. The number of furan rings is 1. The van der Waals surface area contributed by atoms with Gasteiger partial charge in [-0.2, -0.15) is 0 Å². The minimum Gasteiger partial charge on any atom is -0.467 e. The van der Waals surface area contributed by atoms with Gasteiger partial charge in [-0.1, -0.05) is 6.07 Å². The van der Waals surface area contributed by atoms with Crippen LogP contribution >= 0.6 is 12.2 Å². The molecule has 1 saturated heterocycles. The van der Waals surface area contributed by atoms with Crippen molar-refractivity contribution >= 4 is 17.3 Å². The van der Waals surface area contributed by atoms with Crippen LogP contribution in [0.4, 0.5) is 0 Å². The van der Waals surface area contributed by atoms with Crippen LogP contribution in [0.3, 0.4) is 0 Å². The summed E-state index contributed by atoms with van der Waals surface area (Å²) in [5.74, 6) is 0.891. The third-order valence-corrected chi connectivity index (χ3v) is 4.65. The van der Waals surface area contributed by atoms with Crippen molar-refractivity contribution in [3.63, 3.8) is 0 Å². The lowest BCUT2D eigenvalue weighted by Gasteiger charge is -2.26. The van der Waals surface area contributed by atoms with Gasteiger partial charge in [0.15, 0.2) is 5.11 Å². The minimum atomic E-state index is 0.0102. The third kappa shape index (κ3) is 2.69. The van der Waals surface area contributed by atoms with E-state index < -0.39 is 0 Å². The zero-order valence-corrected chi connectivity index (χ0v) is 14.1. The van der Waals surface area contributed by atoms with Crippen molar-refractivity contribution in [1.82, 2.24) is 19.8 Å². The van der Waals surface area contributed by atoms with Crippen molar-refractivity contribution in [2.75, 3.05) is 0 Å². The molecule has 4 heterocycles. The molecule has 0 amide bonds. The summed E-state index contributed by atoms with van der Waals surface area (Å²) in [5, 5.41) is 4.15. The van der Waals surface area contributed by atoms with Crippen LogP contribution in [-0.2, 0) is 13.6 Å². The average molecular weight is 338 g/mol. The van der Waals surface area contributed by atoms with E-state index >= 15 is 0 Å². The summed E-state index contributed by atoms with van der Waals surface area (Å²) in [7, 11) is 2.02. The van der Waals surface area contributed by atoms with Crippen LogP contribution in [0.1, 0.15) is 29.1 Å². The van der Waals surface area contributed by atoms with E-state index in [-0.39, 0.29) is 12.1 Å². The minimum absolute atomic E-state index is 0.0102. The number of aromatic nitrogens is 2. The van der Waals surface area contributed by atoms with Gasteiger partial charge in [0.1, 0.15) is 5.76 Å².